The van der Waals surface area contributed by atoms with Gasteiger partial charge in [0.15, 0.2) is 0 Å². The molecule has 0 radical (unpaired) electrons. The van der Waals surface area contributed by atoms with Crippen LogP contribution in [-0.4, -0.2) is 41.9 Å². The Morgan fingerprint density at radius 2 is 1.93 bits per heavy atom. The number of likely N-dealkylation sites (N-methyl/N-ethyl adjacent to an activating group) is 1. The van der Waals surface area contributed by atoms with Crippen molar-refractivity contribution in [1.82, 2.24) is 4.90 Å². The molecule has 0 saturated heterocycles. The number of aromatic hydroxyl groups is 1. The molecule has 0 aliphatic carbocycles. The summed E-state index contributed by atoms with van der Waals surface area (Å²) in [6.45, 7) is 1.19. The Hall–Kier alpha value is -1.10. The first-order valence-electron chi connectivity index (χ1n) is 4.99. The standard InChI is InChI=1S/C11H18N2O2/c1-13(6-7-14)11(8-12)9-2-4-10(15)5-3-9/h2-5,11,14-15H,6-8,12H2,1H3. The lowest BCUT2D eigenvalue weighted by atomic mass is 10.1. The summed E-state index contributed by atoms with van der Waals surface area (Å²) in [4.78, 5) is 1.99. The van der Waals surface area contributed by atoms with Crippen LogP contribution in [0.4, 0.5) is 0 Å². The summed E-state index contributed by atoms with van der Waals surface area (Å²) >= 11 is 0. The molecule has 4 nitrogen and oxygen atoms in total. The lowest BCUT2D eigenvalue weighted by molar-refractivity contribution is 0.183. The van der Waals surface area contributed by atoms with Crippen LogP contribution in [0.15, 0.2) is 24.3 Å². The van der Waals surface area contributed by atoms with Crippen molar-refractivity contribution in [3.05, 3.63) is 29.8 Å². The van der Waals surface area contributed by atoms with Crippen molar-refractivity contribution >= 4 is 0 Å². The van der Waals surface area contributed by atoms with Gasteiger partial charge in [0.2, 0.25) is 0 Å². The summed E-state index contributed by atoms with van der Waals surface area (Å²) in [5.74, 6) is 0.249. The third-order valence-corrected chi connectivity index (χ3v) is 2.49. The van der Waals surface area contributed by atoms with Crippen molar-refractivity contribution in [3.63, 3.8) is 0 Å². The Bertz CT molecular complexity index is 287. The maximum absolute atomic E-state index is 9.17. The predicted octanol–water partition coefficient (Wildman–Crippen LogP) is 0.316. The summed E-state index contributed by atoms with van der Waals surface area (Å²) in [7, 11) is 1.92. The molecule has 1 rings (SSSR count). The van der Waals surface area contributed by atoms with E-state index in [0.717, 1.165) is 5.56 Å². The maximum atomic E-state index is 9.17. The Morgan fingerprint density at radius 3 is 2.40 bits per heavy atom. The number of hydrogen-bond donors (Lipinski definition) is 3. The molecular formula is C11H18N2O2. The lowest BCUT2D eigenvalue weighted by Gasteiger charge is -2.26. The molecule has 4 heteroatoms. The normalized spacial score (nSPS) is 13.1. The van der Waals surface area contributed by atoms with Crippen molar-refractivity contribution in [2.75, 3.05) is 26.7 Å². The maximum Gasteiger partial charge on any atom is 0.115 e. The number of rotatable bonds is 5. The van der Waals surface area contributed by atoms with E-state index in [1.165, 1.54) is 0 Å². The van der Waals surface area contributed by atoms with E-state index in [0.29, 0.717) is 13.1 Å². The SMILES string of the molecule is CN(CCO)C(CN)c1ccc(O)cc1. The molecule has 0 fully saturated rings. The lowest BCUT2D eigenvalue weighted by Crippen LogP contribution is -2.32. The zero-order valence-electron chi connectivity index (χ0n) is 8.93. The van der Waals surface area contributed by atoms with E-state index in [1.807, 2.05) is 24.1 Å². The van der Waals surface area contributed by atoms with Gasteiger partial charge < -0.3 is 15.9 Å². The highest BCUT2D eigenvalue weighted by molar-refractivity contribution is 5.28. The first-order chi connectivity index (χ1) is 7.19. The van der Waals surface area contributed by atoms with Gasteiger partial charge in [-0.1, -0.05) is 12.1 Å². The minimum absolute atomic E-state index is 0.0812. The van der Waals surface area contributed by atoms with Crippen LogP contribution in [0.3, 0.4) is 0 Å². The molecular weight excluding hydrogens is 192 g/mol. The van der Waals surface area contributed by atoms with Crippen LogP contribution >= 0.6 is 0 Å². The number of phenolic OH excluding ortho intramolecular Hbond substituents is 1. The highest BCUT2D eigenvalue weighted by Crippen LogP contribution is 2.20. The average molecular weight is 210 g/mol. The second-order valence-corrected chi connectivity index (χ2v) is 3.55. The van der Waals surface area contributed by atoms with E-state index in [2.05, 4.69) is 0 Å². The van der Waals surface area contributed by atoms with Crippen LogP contribution in [0.5, 0.6) is 5.75 Å². The minimum atomic E-state index is 0.0812. The number of nitrogens with two attached hydrogens (primary N) is 1. The van der Waals surface area contributed by atoms with Crippen LogP contribution in [-0.2, 0) is 0 Å². The van der Waals surface area contributed by atoms with Crippen molar-refractivity contribution in [3.8, 4) is 5.75 Å². The zero-order chi connectivity index (χ0) is 11.3. The molecule has 15 heavy (non-hydrogen) atoms. The predicted molar refractivity (Wildman–Crippen MR) is 59.6 cm³/mol. The molecule has 1 aromatic rings. The fourth-order valence-corrected chi connectivity index (χ4v) is 1.58. The van der Waals surface area contributed by atoms with Crippen molar-refractivity contribution in [1.29, 1.82) is 0 Å². The molecule has 84 valence electrons. The number of phenols is 1. The molecule has 0 bridgehead atoms. The molecule has 1 aromatic carbocycles. The largest absolute Gasteiger partial charge is 0.508 e. The highest BCUT2D eigenvalue weighted by atomic mass is 16.3. The van der Waals surface area contributed by atoms with Crippen LogP contribution in [0.2, 0.25) is 0 Å². The molecule has 0 spiro atoms. The Morgan fingerprint density at radius 1 is 1.33 bits per heavy atom. The second-order valence-electron chi connectivity index (χ2n) is 3.55. The summed E-state index contributed by atoms with van der Waals surface area (Å²) in [6, 6.07) is 7.06. The summed E-state index contributed by atoms with van der Waals surface area (Å²) in [6.07, 6.45) is 0. The van der Waals surface area contributed by atoms with Gasteiger partial charge in [0.05, 0.1) is 6.61 Å². The van der Waals surface area contributed by atoms with Crippen LogP contribution < -0.4 is 5.73 Å². The summed E-state index contributed by atoms with van der Waals surface area (Å²) < 4.78 is 0. The number of aliphatic hydroxyl groups is 1. The third-order valence-electron chi connectivity index (χ3n) is 2.49. The van der Waals surface area contributed by atoms with Crippen molar-refractivity contribution in [2.45, 2.75) is 6.04 Å². The molecule has 1 atom stereocenters. The first kappa shape index (κ1) is 12.0. The highest BCUT2D eigenvalue weighted by Gasteiger charge is 2.14. The van der Waals surface area contributed by atoms with Crippen molar-refractivity contribution < 1.29 is 10.2 Å². The fraction of sp³-hybridized carbons (Fsp3) is 0.455. The zero-order valence-corrected chi connectivity index (χ0v) is 8.93. The van der Waals surface area contributed by atoms with E-state index in [4.69, 9.17) is 15.9 Å². The number of hydrogen-bond acceptors (Lipinski definition) is 4. The molecule has 4 N–H and O–H groups in total. The van der Waals surface area contributed by atoms with Gasteiger partial charge in [-0.05, 0) is 24.7 Å². The first-order valence-corrected chi connectivity index (χ1v) is 4.99. The molecule has 0 aliphatic rings. The molecule has 0 heterocycles. The number of benzene rings is 1. The van der Waals surface area contributed by atoms with Gasteiger partial charge >= 0.3 is 0 Å². The molecule has 1 unspecified atom stereocenters. The van der Waals surface area contributed by atoms with E-state index in [1.54, 1.807) is 12.1 Å². The van der Waals surface area contributed by atoms with Crippen LogP contribution in [0, 0.1) is 0 Å². The smallest absolute Gasteiger partial charge is 0.115 e. The van der Waals surface area contributed by atoms with Gasteiger partial charge in [0.1, 0.15) is 5.75 Å². The molecule has 0 saturated carbocycles. The van der Waals surface area contributed by atoms with E-state index in [9.17, 15) is 0 Å². The second kappa shape index (κ2) is 5.70. The van der Waals surface area contributed by atoms with Crippen molar-refractivity contribution in [2.24, 2.45) is 5.73 Å². The number of nitrogens with zero attached hydrogens (tertiary/aromatic N) is 1. The van der Waals surface area contributed by atoms with E-state index in [-0.39, 0.29) is 18.4 Å². The summed E-state index contributed by atoms with van der Waals surface area (Å²) in [5, 5.41) is 18.0. The minimum Gasteiger partial charge on any atom is -0.508 e. The molecule has 0 amide bonds. The molecule has 0 aliphatic heterocycles. The van der Waals surface area contributed by atoms with E-state index >= 15 is 0 Å². The Labute approximate surface area is 89.9 Å². The monoisotopic (exact) mass is 210 g/mol. The van der Waals surface area contributed by atoms with Gasteiger partial charge in [0.25, 0.3) is 0 Å². The number of aliphatic hydroxyl groups excluding tert-OH is 1. The van der Waals surface area contributed by atoms with Crippen LogP contribution in [0.1, 0.15) is 11.6 Å². The Balaban J connectivity index is 2.77. The Kier molecular flexibility index (Phi) is 4.55. The fourth-order valence-electron chi connectivity index (χ4n) is 1.58. The summed E-state index contributed by atoms with van der Waals surface area (Å²) in [5.41, 5.74) is 6.74. The van der Waals surface area contributed by atoms with Gasteiger partial charge in [-0.15, -0.1) is 0 Å². The van der Waals surface area contributed by atoms with Crippen LogP contribution in [0.25, 0.3) is 0 Å². The van der Waals surface area contributed by atoms with E-state index < -0.39 is 0 Å². The van der Waals surface area contributed by atoms with Gasteiger partial charge in [-0.2, -0.15) is 0 Å². The quantitative estimate of drug-likeness (QED) is 0.654. The molecule has 0 aromatic heterocycles. The topological polar surface area (TPSA) is 69.7 Å². The average Bonchev–Trinajstić information content (AvgIpc) is 2.22. The van der Waals surface area contributed by atoms with Gasteiger partial charge in [0, 0.05) is 19.1 Å². The van der Waals surface area contributed by atoms with Gasteiger partial charge in [-0.3, -0.25) is 4.90 Å². The third kappa shape index (κ3) is 3.20. The van der Waals surface area contributed by atoms with Gasteiger partial charge in [-0.25, -0.2) is 0 Å².